The molecule has 0 aromatic heterocycles. The molecule has 2 unspecified atom stereocenters. The lowest BCUT2D eigenvalue weighted by molar-refractivity contribution is -0.132. The van der Waals surface area contributed by atoms with Crippen LogP contribution in [0.15, 0.2) is 18.2 Å². The number of nitrogens with one attached hydrogen (secondary N) is 1. The standard InChI is InChI=1S/C15H18Cl2N2O/c16-13-4-1-3-10(14(13)17)11-9-12(11)15(20)19-7-2-5-18-6-8-19/h1,3-4,11-12,18H,2,5-9H2. The van der Waals surface area contributed by atoms with E-state index in [2.05, 4.69) is 5.32 Å². The molecule has 1 heterocycles. The molecule has 20 heavy (non-hydrogen) atoms. The third kappa shape index (κ3) is 2.80. The Balaban J connectivity index is 1.69. The number of hydrogen-bond acceptors (Lipinski definition) is 2. The van der Waals surface area contributed by atoms with Gasteiger partial charge in [0.1, 0.15) is 0 Å². The minimum Gasteiger partial charge on any atom is -0.341 e. The maximum absolute atomic E-state index is 12.5. The molecule has 3 rings (SSSR count). The normalized spacial score (nSPS) is 26.2. The number of carbonyl (C=O) groups is 1. The Morgan fingerprint density at radius 1 is 1.25 bits per heavy atom. The maximum Gasteiger partial charge on any atom is 0.226 e. The lowest BCUT2D eigenvalue weighted by Gasteiger charge is -2.20. The van der Waals surface area contributed by atoms with Crippen molar-refractivity contribution in [1.82, 2.24) is 10.2 Å². The maximum atomic E-state index is 12.5. The van der Waals surface area contributed by atoms with Crippen molar-refractivity contribution in [3.63, 3.8) is 0 Å². The average molecular weight is 313 g/mol. The molecule has 1 aliphatic carbocycles. The summed E-state index contributed by atoms with van der Waals surface area (Å²) in [5, 5.41) is 4.49. The molecule has 3 nitrogen and oxygen atoms in total. The van der Waals surface area contributed by atoms with Gasteiger partial charge in [0.2, 0.25) is 5.91 Å². The second-order valence-electron chi connectivity index (χ2n) is 5.52. The lowest BCUT2D eigenvalue weighted by Crippen LogP contribution is -2.35. The van der Waals surface area contributed by atoms with E-state index in [4.69, 9.17) is 23.2 Å². The number of halogens is 2. The Kier molecular flexibility index (Phi) is 4.20. The fourth-order valence-corrected chi connectivity index (χ4v) is 3.37. The Labute approximate surface area is 129 Å². The minimum atomic E-state index is 0.0871. The third-order valence-corrected chi connectivity index (χ3v) is 4.97. The van der Waals surface area contributed by atoms with Crippen LogP contribution in [0.1, 0.15) is 24.3 Å². The van der Waals surface area contributed by atoms with E-state index in [1.165, 1.54) is 0 Å². The van der Waals surface area contributed by atoms with E-state index in [0.717, 1.165) is 44.6 Å². The summed E-state index contributed by atoms with van der Waals surface area (Å²) in [6.45, 7) is 3.56. The van der Waals surface area contributed by atoms with Gasteiger partial charge in [-0.15, -0.1) is 0 Å². The topological polar surface area (TPSA) is 32.3 Å². The molecular formula is C15H18Cl2N2O. The van der Waals surface area contributed by atoms with Crippen LogP contribution in [0.2, 0.25) is 10.0 Å². The largest absolute Gasteiger partial charge is 0.341 e. The zero-order valence-electron chi connectivity index (χ0n) is 11.2. The molecule has 1 saturated carbocycles. The number of nitrogens with zero attached hydrogens (tertiary/aromatic N) is 1. The van der Waals surface area contributed by atoms with Crippen molar-refractivity contribution in [3.05, 3.63) is 33.8 Å². The Morgan fingerprint density at radius 3 is 2.95 bits per heavy atom. The van der Waals surface area contributed by atoms with Crippen LogP contribution in [-0.2, 0) is 4.79 Å². The van der Waals surface area contributed by atoms with Crippen molar-refractivity contribution in [2.75, 3.05) is 26.2 Å². The molecule has 1 aliphatic heterocycles. The van der Waals surface area contributed by atoms with Crippen LogP contribution in [0.3, 0.4) is 0 Å². The first-order valence-electron chi connectivity index (χ1n) is 7.12. The van der Waals surface area contributed by atoms with Gasteiger partial charge in [-0.25, -0.2) is 0 Å². The van der Waals surface area contributed by atoms with Crippen LogP contribution in [0.4, 0.5) is 0 Å². The number of benzene rings is 1. The number of rotatable bonds is 2. The molecule has 1 N–H and O–H groups in total. The van der Waals surface area contributed by atoms with Crippen LogP contribution >= 0.6 is 23.2 Å². The Hall–Kier alpha value is -0.770. The molecule has 2 fully saturated rings. The van der Waals surface area contributed by atoms with Crippen molar-refractivity contribution < 1.29 is 4.79 Å². The average Bonchev–Trinajstić information content (AvgIpc) is 3.24. The summed E-state index contributed by atoms with van der Waals surface area (Å²) >= 11 is 12.3. The molecular weight excluding hydrogens is 295 g/mol. The van der Waals surface area contributed by atoms with E-state index in [1.807, 2.05) is 17.0 Å². The van der Waals surface area contributed by atoms with Gasteiger partial charge in [0, 0.05) is 25.6 Å². The number of amides is 1. The van der Waals surface area contributed by atoms with Crippen molar-refractivity contribution in [3.8, 4) is 0 Å². The molecule has 2 aliphatic rings. The fourth-order valence-electron chi connectivity index (χ4n) is 2.92. The summed E-state index contributed by atoms with van der Waals surface area (Å²) in [4.78, 5) is 14.5. The second kappa shape index (κ2) is 5.92. The van der Waals surface area contributed by atoms with Crippen LogP contribution in [-0.4, -0.2) is 37.0 Å². The first kappa shape index (κ1) is 14.2. The van der Waals surface area contributed by atoms with Gasteiger partial charge in [-0.1, -0.05) is 35.3 Å². The van der Waals surface area contributed by atoms with E-state index in [-0.39, 0.29) is 17.7 Å². The Morgan fingerprint density at radius 2 is 2.10 bits per heavy atom. The first-order chi connectivity index (χ1) is 9.68. The fraction of sp³-hybridized carbons (Fsp3) is 0.533. The molecule has 1 saturated heterocycles. The van der Waals surface area contributed by atoms with Gasteiger partial charge >= 0.3 is 0 Å². The monoisotopic (exact) mass is 312 g/mol. The van der Waals surface area contributed by atoms with Gasteiger partial charge in [-0.2, -0.15) is 0 Å². The van der Waals surface area contributed by atoms with Gasteiger partial charge in [-0.05, 0) is 36.9 Å². The van der Waals surface area contributed by atoms with Gasteiger partial charge in [0.05, 0.1) is 10.0 Å². The highest BCUT2D eigenvalue weighted by Gasteiger charge is 2.46. The summed E-state index contributed by atoms with van der Waals surface area (Å²) in [5.41, 5.74) is 1.02. The van der Waals surface area contributed by atoms with Crippen molar-refractivity contribution >= 4 is 29.1 Å². The second-order valence-corrected chi connectivity index (χ2v) is 6.31. The molecule has 0 spiro atoms. The van der Waals surface area contributed by atoms with Crippen LogP contribution in [0.25, 0.3) is 0 Å². The van der Waals surface area contributed by atoms with Crippen LogP contribution in [0.5, 0.6) is 0 Å². The molecule has 1 amide bonds. The molecule has 1 aromatic rings. The van der Waals surface area contributed by atoms with E-state index in [0.29, 0.717) is 10.0 Å². The SMILES string of the molecule is O=C(C1CC1c1cccc(Cl)c1Cl)N1CCCNCC1. The predicted molar refractivity (Wildman–Crippen MR) is 81.4 cm³/mol. The first-order valence-corrected chi connectivity index (χ1v) is 7.87. The van der Waals surface area contributed by atoms with Crippen LogP contribution in [0, 0.1) is 5.92 Å². The molecule has 0 bridgehead atoms. The van der Waals surface area contributed by atoms with Gasteiger partial charge in [0.15, 0.2) is 0 Å². The summed E-state index contributed by atoms with van der Waals surface area (Å²) in [5.74, 6) is 0.601. The van der Waals surface area contributed by atoms with E-state index < -0.39 is 0 Å². The van der Waals surface area contributed by atoms with Gasteiger partial charge < -0.3 is 10.2 Å². The van der Waals surface area contributed by atoms with Crippen molar-refractivity contribution in [1.29, 1.82) is 0 Å². The smallest absolute Gasteiger partial charge is 0.226 e. The summed E-state index contributed by atoms with van der Waals surface area (Å²) in [6.07, 6.45) is 1.92. The third-order valence-electron chi connectivity index (χ3n) is 4.14. The van der Waals surface area contributed by atoms with E-state index in [9.17, 15) is 4.79 Å². The molecule has 1 aromatic carbocycles. The van der Waals surface area contributed by atoms with Gasteiger partial charge in [-0.3, -0.25) is 4.79 Å². The van der Waals surface area contributed by atoms with Crippen molar-refractivity contribution in [2.24, 2.45) is 5.92 Å². The molecule has 0 radical (unpaired) electrons. The summed E-state index contributed by atoms with van der Waals surface area (Å²) in [6, 6.07) is 5.67. The number of carbonyl (C=O) groups excluding carboxylic acids is 1. The van der Waals surface area contributed by atoms with Crippen LogP contribution < -0.4 is 5.32 Å². The summed E-state index contributed by atoms with van der Waals surface area (Å²) in [7, 11) is 0. The minimum absolute atomic E-state index is 0.0871. The molecule has 5 heteroatoms. The predicted octanol–water partition coefficient (Wildman–Crippen LogP) is 2.92. The van der Waals surface area contributed by atoms with Gasteiger partial charge in [0.25, 0.3) is 0 Å². The number of hydrogen-bond donors (Lipinski definition) is 1. The van der Waals surface area contributed by atoms with E-state index >= 15 is 0 Å². The molecule has 108 valence electrons. The quantitative estimate of drug-likeness (QED) is 0.910. The highest BCUT2D eigenvalue weighted by molar-refractivity contribution is 6.42. The molecule has 2 atom stereocenters. The zero-order chi connectivity index (χ0) is 14.1. The summed E-state index contributed by atoms with van der Waals surface area (Å²) < 4.78 is 0. The Bertz CT molecular complexity index is 513. The lowest BCUT2D eigenvalue weighted by atomic mass is 10.1. The van der Waals surface area contributed by atoms with Crippen molar-refractivity contribution in [2.45, 2.75) is 18.8 Å². The highest BCUT2D eigenvalue weighted by atomic mass is 35.5. The van der Waals surface area contributed by atoms with E-state index in [1.54, 1.807) is 6.07 Å². The highest BCUT2D eigenvalue weighted by Crippen LogP contribution is 2.51. The zero-order valence-corrected chi connectivity index (χ0v) is 12.8.